The molecule has 1 aromatic heterocycles. The maximum atomic E-state index is 10.1. The van der Waals surface area contributed by atoms with Gasteiger partial charge in [0.05, 0.1) is 6.20 Å². The predicted molar refractivity (Wildman–Crippen MR) is 90.1 cm³/mol. The lowest BCUT2D eigenvalue weighted by atomic mass is 10.2. The van der Waals surface area contributed by atoms with Crippen molar-refractivity contribution in [3.8, 4) is 18.1 Å². The van der Waals surface area contributed by atoms with E-state index in [1.807, 2.05) is 49.3 Å². The monoisotopic (exact) mass is 313 g/mol. The number of aromatic nitrogens is 2. The van der Waals surface area contributed by atoms with Gasteiger partial charge in [0.2, 0.25) is 0 Å². The van der Waals surface area contributed by atoms with E-state index in [0.29, 0.717) is 19.6 Å². The van der Waals surface area contributed by atoms with Crippen molar-refractivity contribution in [2.24, 2.45) is 0 Å². The number of aliphatic hydroxyl groups excluding tert-OH is 1. The first kappa shape index (κ1) is 17.1. The van der Waals surface area contributed by atoms with E-state index in [0.717, 1.165) is 11.3 Å². The number of rotatable bonds is 8. The molecule has 0 saturated carbocycles. The number of hydrogen-bond acceptors (Lipinski definition) is 4. The van der Waals surface area contributed by atoms with Gasteiger partial charge in [-0.1, -0.05) is 23.6 Å². The normalized spacial score (nSPS) is 12.1. The number of benzene rings is 1. The fourth-order valence-electron chi connectivity index (χ4n) is 2.28. The number of aryl methyl sites for hydroxylation is 1. The van der Waals surface area contributed by atoms with Crippen LogP contribution in [0.1, 0.15) is 11.1 Å². The van der Waals surface area contributed by atoms with E-state index in [2.05, 4.69) is 11.0 Å². The van der Waals surface area contributed by atoms with Crippen LogP contribution in [0.2, 0.25) is 0 Å². The maximum absolute atomic E-state index is 10.1. The first-order valence-electron chi connectivity index (χ1n) is 7.57. The van der Waals surface area contributed by atoms with E-state index >= 15 is 0 Å². The Morgan fingerprint density at radius 1 is 1.39 bits per heavy atom. The van der Waals surface area contributed by atoms with Gasteiger partial charge < -0.3 is 9.84 Å². The number of ether oxygens (including phenoxy) is 1. The Morgan fingerprint density at radius 3 is 2.83 bits per heavy atom. The summed E-state index contributed by atoms with van der Waals surface area (Å²) in [4.78, 5) is 2.03. The summed E-state index contributed by atoms with van der Waals surface area (Å²) in [7, 11) is 1.95. The summed E-state index contributed by atoms with van der Waals surface area (Å²) in [5.74, 6) is 3.32. The molecule has 1 atom stereocenters. The lowest BCUT2D eigenvalue weighted by molar-refractivity contribution is 0.0744. The summed E-state index contributed by atoms with van der Waals surface area (Å²) in [6, 6.07) is 7.79. The third-order valence-electron chi connectivity index (χ3n) is 3.38. The lowest BCUT2D eigenvalue weighted by Gasteiger charge is -2.20. The third-order valence-corrected chi connectivity index (χ3v) is 3.38. The van der Waals surface area contributed by atoms with Crippen molar-refractivity contribution in [2.45, 2.75) is 26.1 Å². The fraction of sp³-hybridized carbons (Fsp3) is 0.389. The largest absolute Gasteiger partial charge is 0.491 e. The molecule has 1 aromatic carbocycles. The van der Waals surface area contributed by atoms with Crippen molar-refractivity contribution >= 4 is 0 Å². The van der Waals surface area contributed by atoms with Gasteiger partial charge in [-0.3, -0.25) is 9.58 Å². The number of terminal acetylenes is 1. The molecule has 0 aliphatic carbocycles. The first-order chi connectivity index (χ1) is 11.1. The van der Waals surface area contributed by atoms with Crippen molar-refractivity contribution < 1.29 is 9.84 Å². The Hall–Kier alpha value is -2.29. The molecule has 1 heterocycles. The number of aliphatic hydroxyl groups is 1. The summed E-state index contributed by atoms with van der Waals surface area (Å²) >= 11 is 0. The van der Waals surface area contributed by atoms with Crippen LogP contribution < -0.4 is 4.74 Å². The topological polar surface area (TPSA) is 50.5 Å². The lowest BCUT2D eigenvalue weighted by Crippen LogP contribution is -2.32. The summed E-state index contributed by atoms with van der Waals surface area (Å²) < 4.78 is 7.32. The summed E-state index contributed by atoms with van der Waals surface area (Å²) in [6.45, 7) is 3.98. The van der Waals surface area contributed by atoms with Crippen LogP contribution in [0.15, 0.2) is 36.7 Å². The molecule has 2 aromatic rings. The molecule has 0 aliphatic heterocycles. The van der Waals surface area contributed by atoms with Crippen molar-refractivity contribution in [1.82, 2.24) is 14.7 Å². The highest BCUT2D eigenvalue weighted by Gasteiger charge is 2.10. The molecular weight excluding hydrogens is 290 g/mol. The first-order valence-corrected chi connectivity index (χ1v) is 7.57. The number of hydrogen-bond donors (Lipinski definition) is 1. The van der Waals surface area contributed by atoms with Gasteiger partial charge in [-0.25, -0.2) is 0 Å². The van der Waals surface area contributed by atoms with Gasteiger partial charge in [-0.15, -0.1) is 6.42 Å². The zero-order valence-corrected chi connectivity index (χ0v) is 13.6. The minimum absolute atomic E-state index is 0.268. The van der Waals surface area contributed by atoms with Crippen molar-refractivity contribution in [1.29, 1.82) is 0 Å². The van der Waals surface area contributed by atoms with E-state index < -0.39 is 6.10 Å². The average molecular weight is 313 g/mol. The molecule has 23 heavy (non-hydrogen) atoms. The second-order valence-corrected chi connectivity index (χ2v) is 5.72. The van der Waals surface area contributed by atoms with Gasteiger partial charge >= 0.3 is 0 Å². The van der Waals surface area contributed by atoms with E-state index in [4.69, 9.17) is 11.2 Å². The Bertz CT molecular complexity index is 643. The Labute approximate surface area is 137 Å². The molecular formula is C18H23N3O2. The molecule has 2 rings (SSSR count). The Morgan fingerprint density at radius 2 is 2.13 bits per heavy atom. The molecule has 5 heteroatoms. The molecule has 122 valence electrons. The summed E-state index contributed by atoms with van der Waals surface area (Å²) in [6.07, 6.45) is 8.42. The molecule has 1 N–H and O–H groups in total. The molecule has 0 saturated heterocycles. The van der Waals surface area contributed by atoms with Gasteiger partial charge in [-0.05, 0) is 26.1 Å². The Kier molecular flexibility index (Phi) is 6.21. The highest BCUT2D eigenvalue weighted by Crippen LogP contribution is 2.12. The number of nitrogens with zero attached hydrogens (tertiary/aromatic N) is 3. The minimum atomic E-state index is -0.554. The molecule has 0 amide bonds. The van der Waals surface area contributed by atoms with E-state index in [1.165, 1.54) is 5.56 Å². The van der Waals surface area contributed by atoms with Gasteiger partial charge in [0.1, 0.15) is 25.0 Å². The van der Waals surface area contributed by atoms with Crippen LogP contribution in [0.4, 0.5) is 0 Å². The van der Waals surface area contributed by atoms with Gasteiger partial charge in [-0.2, -0.15) is 5.10 Å². The number of likely N-dealkylation sites (N-methyl/N-ethyl adjacent to an activating group) is 1. The Balaban J connectivity index is 1.74. The summed E-state index contributed by atoms with van der Waals surface area (Å²) in [5.41, 5.74) is 2.25. The predicted octanol–water partition coefficient (Wildman–Crippen LogP) is 1.70. The molecule has 0 fully saturated rings. The molecule has 0 aliphatic rings. The van der Waals surface area contributed by atoms with Gasteiger partial charge in [0, 0.05) is 24.8 Å². The molecule has 1 unspecified atom stereocenters. The van der Waals surface area contributed by atoms with Crippen LogP contribution in [0.3, 0.4) is 0 Å². The van der Waals surface area contributed by atoms with E-state index in [9.17, 15) is 5.11 Å². The van der Waals surface area contributed by atoms with Crippen LogP contribution in [0, 0.1) is 19.3 Å². The molecule has 0 bridgehead atoms. The van der Waals surface area contributed by atoms with E-state index in [-0.39, 0.29) is 6.61 Å². The van der Waals surface area contributed by atoms with Gasteiger partial charge in [0.15, 0.2) is 0 Å². The van der Waals surface area contributed by atoms with Crippen LogP contribution in [-0.4, -0.2) is 46.1 Å². The van der Waals surface area contributed by atoms with E-state index in [1.54, 1.807) is 10.9 Å². The third kappa shape index (κ3) is 5.78. The quantitative estimate of drug-likeness (QED) is 0.754. The van der Waals surface area contributed by atoms with Crippen LogP contribution in [-0.2, 0) is 13.1 Å². The van der Waals surface area contributed by atoms with Crippen molar-refractivity contribution in [3.63, 3.8) is 0 Å². The SMILES string of the molecule is C#CCn1cc(CN(C)CC(O)COc2ccc(C)cc2)cn1. The molecule has 5 nitrogen and oxygen atoms in total. The van der Waals surface area contributed by atoms with Gasteiger partial charge in [0.25, 0.3) is 0 Å². The highest BCUT2D eigenvalue weighted by molar-refractivity contribution is 5.26. The summed E-state index contributed by atoms with van der Waals surface area (Å²) in [5, 5.41) is 14.3. The van der Waals surface area contributed by atoms with Crippen LogP contribution in [0.25, 0.3) is 0 Å². The minimum Gasteiger partial charge on any atom is -0.491 e. The maximum Gasteiger partial charge on any atom is 0.119 e. The molecule has 0 radical (unpaired) electrons. The average Bonchev–Trinajstić information content (AvgIpc) is 2.94. The second-order valence-electron chi connectivity index (χ2n) is 5.72. The zero-order valence-electron chi connectivity index (χ0n) is 13.6. The molecule has 0 spiro atoms. The smallest absolute Gasteiger partial charge is 0.119 e. The van der Waals surface area contributed by atoms with Crippen LogP contribution in [0.5, 0.6) is 5.75 Å². The standard InChI is InChI=1S/C18H23N3O2/c1-4-9-21-12-16(10-19-21)11-20(3)13-17(22)14-23-18-7-5-15(2)6-8-18/h1,5-8,10,12,17,22H,9,11,13-14H2,2-3H3. The zero-order chi connectivity index (χ0) is 16.7. The van der Waals surface area contributed by atoms with Crippen molar-refractivity contribution in [3.05, 3.63) is 47.8 Å². The van der Waals surface area contributed by atoms with Crippen molar-refractivity contribution in [2.75, 3.05) is 20.2 Å². The fourth-order valence-corrected chi connectivity index (χ4v) is 2.28. The second kappa shape index (κ2) is 8.37. The highest BCUT2D eigenvalue weighted by atomic mass is 16.5. The van der Waals surface area contributed by atoms with Crippen LogP contribution >= 0.6 is 0 Å².